The summed E-state index contributed by atoms with van der Waals surface area (Å²) in [5.74, 6) is 0.526. The lowest BCUT2D eigenvalue weighted by atomic mass is 10.0. The van der Waals surface area contributed by atoms with E-state index in [0.29, 0.717) is 51.6 Å². The lowest BCUT2D eigenvalue weighted by Crippen LogP contribution is -2.49. The Labute approximate surface area is 224 Å². The molecule has 2 amide bonds. The first-order chi connectivity index (χ1) is 18.4. The number of halogens is 1. The summed E-state index contributed by atoms with van der Waals surface area (Å²) in [5.41, 5.74) is 2.82. The first-order valence-corrected chi connectivity index (χ1v) is 12.6. The van der Waals surface area contributed by atoms with E-state index in [1.165, 1.54) is 4.90 Å². The summed E-state index contributed by atoms with van der Waals surface area (Å²) in [4.78, 5) is 28.4. The zero-order valence-electron chi connectivity index (χ0n) is 20.8. The quantitative estimate of drug-likeness (QED) is 0.341. The van der Waals surface area contributed by atoms with Crippen molar-refractivity contribution < 1.29 is 24.2 Å². The second-order valence-electron chi connectivity index (χ2n) is 8.96. The average Bonchev–Trinajstić information content (AvgIpc) is 3.53. The van der Waals surface area contributed by atoms with E-state index in [2.05, 4.69) is 10.4 Å². The lowest BCUT2D eigenvalue weighted by Gasteiger charge is -2.25. The Bertz CT molecular complexity index is 1470. The third-order valence-electron chi connectivity index (χ3n) is 6.43. The maximum Gasteiger partial charge on any atom is 0.249 e. The SMILES string of the molecule is CN(C(=O)[C@H](Cc1ccccc1)NC(=O)Cn1nc(CCO)c2c(Cl)cccc21)c1ccc2c(c1)OCO2. The summed E-state index contributed by atoms with van der Waals surface area (Å²) in [5, 5.41) is 18.1. The standard InChI is InChI=1S/C28H27ClN4O5/c1-32(19-10-11-24-25(15-19)38-17-37-24)28(36)22(14-18-6-3-2-4-7-18)30-26(35)16-33-23-9-5-8-20(29)27(23)21(31-33)12-13-34/h2-11,15,22,34H,12-14,16-17H2,1H3,(H,30,35)/t22-/m0/s1. The maximum absolute atomic E-state index is 13.7. The molecule has 9 nitrogen and oxygen atoms in total. The molecule has 0 aliphatic carbocycles. The fourth-order valence-electron chi connectivity index (χ4n) is 4.55. The van der Waals surface area contributed by atoms with E-state index in [1.807, 2.05) is 36.4 Å². The average molecular weight is 535 g/mol. The predicted molar refractivity (Wildman–Crippen MR) is 144 cm³/mol. The van der Waals surface area contributed by atoms with Crippen LogP contribution in [-0.4, -0.2) is 53.2 Å². The third kappa shape index (κ3) is 5.29. The van der Waals surface area contributed by atoms with Crippen LogP contribution < -0.4 is 19.7 Å². The molecule has 1 aromatic heterocycles. The Morgan fingerprint density at radius 1 is 1.11 bits per heavy atom. The number of hydrogen-bond donors (Lipinski definition) is 2. The van der Waals surface area contributed by atoms with Crippen LogP contribution in [0.15, 0.2) is 66.7 Å². The van der Waals surface area contributed by atoms with E-state index < -0.39 is 6.04 Å². The number of aromatic nitrogens is 2. The highest BCUT2D eigenvalue weighted by molar-refractivity contribution is 6.35. The van der Waals surface area contributed by atoms with Crippen LogP contribution in [0.3, 0.4) is 0 Å². The molecule has 0 radical (unpaired) electrons. The molecule has 0 unspecified atom stereocenters. The summed E-state index contributed by atoms with van der Waals surface area (Å²) in [7, 11) is 1.66. The van der Waals surface area contributed by atoms with Crippen molar-refractivity contribution in [1.82, 2.24) is 15.1 Å². The Morgan fingerprint density at radius 3 is 2.68 bits per heavy atom. The number of nitrogens with zero attached hydrogens (tertiary/aromatic N) is 3. The minimum absolute atomic E-state index is 0.0939. The fraction of sp³-hybridized carbons (Fsp3) is 0.250. The van der Waals surface area contributed by atoms with Crippen molar-refractivity contribution in [3.8, 4) is 11.5 Å². The molecule has 3 aromatic carbocycles. The summed E-state index contributed by atoms with van der Waals surface area (Å²) in [6, 6.07) is 19.3. The first kappa shape index (κ1) is 25.6. The van der Waals surface area contributed by atoms with Gasteiger partial charge in [0.05, 0.1) is 16.2 Å². The van der Waals surface area contributed by atoms with Crippen LogP contribution in [0, 0.1) is 0 Å². The molecule has 38 heavy (non-hydrogen) atoms. The van der Waals surface area contributed by atoms with E-state index in [-0.39, 0.29) is 31.8 Å². The molecule has 0 bridgehead atoms. The number of aliphatic hydroxyl groups is 1. The topological polar surface area (TPSA) is 106 Å². The van der Waals surface area contributed by atoms with Crippen molar-refractivity contribution in [1.29, 1.82) is 0 Å². The van der Waals surface area contributed by atoms with Gasteiger partial charge in [-0.1, -0.05) is 48.0 Å². The van der Waals surface area contributed by atoms with Crippen molar-refractivity contribution in [3.63, 3.8) is 0 Å². The van der Waals surface area contributed by atoms with Crippen LogP contribution in [0.1, 0.15) is 11.3 Å². The molecular formula is C28H27ClN4O5. The van der Waals surface area contributed by atoms with Gasteiger partial charge in [0.1, 0.15) is 12.6 Å². The van der Waals surface area contributed by atoms with Gasteiger partial charge in [-0.25, -0.2) is 0 Å². The van der Waals surface area contributed by atoms with Gasteiger partial charge in [0.25, 0.3) is 0 Å². The molecule has 4 aromatic rings. The number of likely N-dealkylation sites (N-methyl/N-ethyl adjacent to an activating group) is 1. The van der Waals surface area contributed by atoms with Crippen LogP contribution in [0.2, 0.25) is 5.02 Å². The number of hydrogen-bond acceptors (Lipinski definition) is 6. The number of ether oxygens (including phenoxy) is 2. The molecule has 1 atom stereocenters. The molecule has 2 N–H and O–H groups in total. The summed E-state index contributed by atoms with van der Waals surface area (Å²) in [6.45, 7) is -0.0750. The largest absolute Gasteiger partial charge is 0.454 e. The molecule has 2 heterocycles. The van der Waals surface area contributed by atoms with E-state index in [9.17, 15) is 14.7 Å². The number of carbonyl (C=O) groups excluding carboxylic acids is 2. The van der Waals surface area contributed by atoms with Crippen LogP contribution in [0.5, 0.6) is 11.5 Å². The number of nitrogens with one attached hydrogen (secondary N) is 1. The molecule has 10 heteroatoms. The molecule has 0 saturated heterocycles. The predicted octanol–water partition coefficient (Wildman–Crippen LogP) is 3.34. The van der Waals surface area contributed by atoms with Crippen LogP contribution in [0.25, 0.3) is 10.9 Å². The molecule has 1 aliphatic rings. The highest BCUT2D eigenvalue weighted by Gasteiger charge is 2.27. The number of benzene rings is 3. The van der Waals surface area contributed by atoms with Crippen molar-refractivity contribution in [2.24, 2.45) is 0 Å². The van der Waals surface area contributed by atoms with Gasteiger partial charge in [0.15, 0.2) is 11.5 Å². The Kier molecular flexibility index (Phi) is 7.48. The van der Waals surface area contributed by atoms with Crippen LogP contribution in [0.4, 0.5) is 5.69 Å². The number of amides is 2. The number of aliphatic hydroxyl groups excluding tert-OH is 1. The van der Waals surface area contributed by atoms with Gasteiger partial charge in [0, 0.05) is 43.6 Å². The molecule has 196 valence electrons. The molecular weight excluding hydrogens is 508 g/mol. The zero-order chi connectivity index (χ0) is 26.6. The molecule has 0 fully saturated rings. The monoisotopic (exact) mass is 534 g/mol. The number of rotatable bonds is 9. The minimum atomic E-state index is -0.831. The molecule has 5 rings (SSSR count). The van der Waals surface area contributed by atoms with Gasteiger partial charge in [0.2, 0.25) is 18.6 Å². The molecule has 0 saturated carbocycles. The van der Waals surface area contributed by atoms with E-state index in [1.54, 1.807) is 42.1 Å². The highest BCUT2D eigenvalue weighted by atomic mass is 35.5. The number of carbonyl (C=O) groups is 2. The maximum atomic E-state index is 13.7. The van der Waals surface area contributed by atoms with Crippen molar-refractivity contribution >= 4 is 40.0 Å². The zero-order valence-corrected chi connectivity index (χ0v) is 21.5. The summed E-state index contributed by atoms with van der Waals surface area (Å²) in [6.07, 6.45) is 0.617. The Morgan fingerprint density at radius 2 is 1.89 bits per heavy atom. The third-order valence-corrected chi connectivity index (χ3v) is 6.75. The van der Waals surface area contributed by atoms with Crippen LogP contribution >= 0.6 is 11.6 Å². The van der Waals surface area contributed by atoms with Crippen molar-refractivity contribution in [2.45, 2.75) is 25.4 Å². The lowest BCUT2D eigenvalue weighted by molar-refractivity contribution is -0.127. The summed E-state index contributed by atoms with van der Waals surface area (Å²) < 4.78 is 12.4. The fourth-order valence-corrected chi connectivity index (χ4v) is 4.82. The van der Waals surface area contributed by atoms with Gasteiger partial charge >= 0.3 is 0 Å². The normalized spacial score (nSPS) is 12.9. The van der Waals surface area contributed by atoms with Crippen molar-refractivity contribution in [3.05, 3.63) is 83.0 Å². The van der Waals surface area contributed by atoms with Gasteiger partial charge in [-0.3, -0.25) is 14.3 Å². The molecule has 1 aliphatic heterocycles. The van der Waals surface area contributed by atoms with Gasteiger partial charge in [-0.05, 0) is 29.8 Å². The van der Waals surface area contributed by atoms with Crippen LogP contribution in [-0.2, 0) is 29.0 Å². The Balaban J connectivity index is 1.38. The smallest absolute Gasteiger partial charge is 0.249 e. The van der Waals surface area contributed by atoms with E-state index in [0.717, 1.165) is 5.56 Å². The minimum Gasteiger partial charge on any atom is -0.454 e. The first-order valence-electron chi connectivity index (χ1n) is 12.2. The Hall–Kier alpha value is -4.08. The van der Waals surface area contributed by atoms with E-state index >= 15 is 0 Å². The second kappa shape index (κ2) is 11.1. The summed E-state index contributed by atoms with van der Waals surface area (Å²) >= 11 is 6.39. The van der Waals surface area contributed by atoms with Gasteiger partial charge in [-0.2, -0.15) is 5.10 Å². The van der Waals surface area contributed by atoms with Gasteiger partial charge < -0.3 is 24.8 Å². The number of anilines is 1. The molecule has 0 spiro atoms. The van der Waals surface area contributed by atoms with E-state index in [4.69, 9.17) is 21.1 Å². The van der Waals surface area contributed by atoms with Crippen molar-refractivity contribution in [2.75, 3.05) is 25.3 Å². The second-order valence-corrected chi connectivity index (χ2v) is 9.36. The number of fused-ring (bicyclic) bond motifs is 2. The van der Waals surface area contributed by atoms with Gasteiger partial charge in [-0.15, -0.1) is 0 Å². The highest BCUT2D eigenvalue weighted by Crippen LogP contribution is 2.35.